The van der Waals surface area contributed by atoms with Gasteiger partial charge in [0.2, 0.25) is 5.95 Å². The zero-order valence-corrected chi connectivity index (χ0v) is 17.4. The number of aromatic nitrogens is 3. The molecule has 1 aromatic carbocycles. The van der Waals surface area contributed by atoms with Crippen molar-refractivity contribution in [2.45, 2.75) is 36.5 Å². The molecule has 2 heterocycles. The van der Waals surface area contributed by atoms with Crippen molar-refractivity contribution in [1.29, 1.82) is 0 Å². The standard InChI is InChI=1S/C21H25FN6S/c1-3-11-28(12-4-2)20-14-19(26-21(23)27-20)25-15-5-6-18(17(22)13-15)29-16-7-9-24-10-8-16/h5-10,13-14H,3-4,11-12H2,1-2H3,(H3,23,25,26,27). The summed E-state index contributed by atoms with van der Waals surface area (Å²) in [5.41, 5.74) is 6.51. The van der Waals surface area contributed by atoms with Crippen LogP contribution in [0.4, 0.5) is 27.7 Å². The summed E-state index contributed by atoms with van der Waals surface area (Å²) in [7, 11) is 0. The molecule has 8 heteroatoms. The quantitative estimate of drug-likeness (QED) is 0.505. The Bertz CT molecular complexity index is 932. The zero-order valence-electron chi connectivity index (χ0n) is 16.6. The number of anilines is 4. The topological polar surface area (TPSA) is 80.0 Å². The molecule has 0 aliphatic rings. The summed E-state index contributed by atoms with van der Waals surface area (Å²) >= 11 is 1.35. The fraction of sp³-hybridized carbons (Fsp3) is 0.286. The maximum absolute atomic E-state index is 14.6. The Labute approximate surface area is 174 Å². The fourth-order valence-electron chi connectivity index (χ4n) is 2.90. The predicted octanol–water partition coefficient (Wildman–Crippen LogP) is 5.11. The van der Waals surface area contributed by atoms with E-state index in [0.29, 0.717) is 16.4 Å². The van der Waals surface area contributed by atoms with E-state index in [9.17, 15) is 4.39 Å². The van der Waals surface area contributed by atoms with E-state index in [1.807, 2.05) is 24.3 Å². The van der Waals surface area contributed by atoms with Crippen LogP contribution in [0.1, 0.15) is 26.7 Å². The number of benzene rings is 1. The van der Waals surface area contributed by atoms with Crippen molar-refractivity contribution in [2.24, 2.45) is 0 Å². The Hall–Kier alpha value is -2.87. The Kier molecular flexibility index (Phi) is 7.24. The molecule has 0 saturated carbocycles. The van der Waals surface area contributed by atoms with Gasteiger partial charge in [0.25, 0.3) is 0 Å². The lowest BCUT2D eigenvalue weighted by molar-refractivity contribution is 0.602. The van der Waals surface area contributed by atoms with E-state index in [4.69, 9.17) is 5.73 Å². The number of halogens is 1. The van der Waals surface area contributed by atoms with Gasteiger partial charge < -0.3 is 16.0 Å². The van der Waals surface area contributed by atoms with Crippen molar-refractivity contribution in [3.8, 4) is 0 Å². The number of nitrogens with one attached hydrogen (secondary N) is 1. The van der Waals surface area contributed by atoms with Crippen molar-refractivity contribution < 1.29 is 4.39 Å². The molecule has 6 nitrogen and oxygen atoms in total. The van der Waals surface area contributed by atoms with Crippen LogP contribution in [0, 0.1) is 5.82 Å². The highest BCUT2D eigenvalue weighted by Gasteiger charge is 2.11. The first-order valence-corrected chi connectivity index (χ1v) is 10.4. The summed E-state index contributed by atoms with van der Waals surface area (Å²) < 4.78 is 14.6. The number of hydrogen-bond acceptors (Lipinski definition) is 7. The monoisotopic (exact) mass is 412 g/mol. The highest BCUT2D eigenvalue weighted by atomic mass is 32.2. The second-order valence-electron chi connectivity index (χ2n) is 6.51. The van der Waals surface area contributed by atoms with E-state index in [2.05, 4.69) is 39.0 Å². The minimum atomic E-state index is -0.308. The molecule has 152 valence electrons. The molecule has 0 spiro atoms. The smallest absolute Gasteiger partial charge is 0.223 e. The van der Waals surface area contributed by atoms with Gasteiger partial charge in [0.15, 0.2) is 0 Å². The van der Waals surface area contributed by atoms with Gasteiger partial charge in [0.05, 0.1) is 0 Å². The first-order valence-electron chi connectivity index (χ1n) is 9.63. The van der Waals surface area contributed by atoms with Gasteiger partial charge in [0, 0.05) is 47.0 Å². The minimum Gasteiger partial charge on any atom is -0.368 e. The zero-order chi connectivity index (χ0) is 20.6. The molecule has 3 aromatic rings. The lowest BCUT2D eigenvalue weighted by Gasteiger charge is -2.23. The lowest BCUT2D eigenvalue weighted by atomic mass is 10.3. The van der Waals surface area contributed by atoms with Crippen LogP contribution < -0.4 is 16.0 Å². The third kappa shape index (κ3) is 5.80. The van der Waals surface area contributed by atoms with E-state index in [1.54, 1.807) is 18.5 Å². The lowest BCUT2D eigenvalue weighted by Crippen LogP contribution is -2.26. The number of nitrogen functional groups attached to an aromatic ring is 1. The van der Waals surface area contributed by atoms with Crippen LogP contribution in [0.2, 0.25) is 0 Å². The van der Waals surface area contributed by atoms with E-state index in [-0.39, 0.29) is 11.8 Å². The van der Waals surface area contributed by atoms with Crippen LogP contribution in [0.25, 0.3) is 0 Å². The van der Waals surface area contributed by atoms with Gasteiger partial charge >= 0.3 is 0 Å². The van der Waals surface area contributed by atoms with Gasteiger partial charge in [-0.1, -0.05) is 25.6 Å². The molecule has 3 rings (SSSR count). The van der Waals surface area contributed by atoms with Gasteiger partial charge in [-0.3, -0.25) is 4.98 Å². The Morgan fingerprint density at radius 2 is 1.76 bits per heavy atom. The second-order valence-corrected chi connectivity index (χ2v) is 7.63. The third-order valence-corrected chi connectivity index (χ3v) is 5.18. The largest absolute Gasteiger partial charge is 0.368 e. The number of nitrogens with zero attached hydrogens (tertiary/aromatic N) is 4. The molecular formula is C21H25FN6S. The van der Waals surface area contributed by atoms with E-state index < -0.39 is 0 Å². The van der Waals surface area contributed by atoms with Crippen LogP contribution in [0.5, 0.6) is 0 Å². The molecular weight excluding hydrogens is 387 g/mol. The van der Waals surface area contributed by atoms with Gasteiger partial charge in [-0.2, -0.15) is 9.97 Å². The summed E-state index contributed by atoms with van der Waals surface area (Å²) in [4.78, 5) is 16.2. The Morgan fingerprint density at radius 3 is 2.41 bits per heavy atom. The van der Waals surface area contributed by atoms with Gasteiger partial charge in [-0.05, 0) is 43.2 Å². The van der Waals surface area contributed by atoms with E-state index in [0.717, 1.165) is 36.6 Å². The fourth-order valence-corrected chi connectivity index (χ4v) is 3.71. The van der Waals surface area contributed by atoms with Crippen LogP contribution in [-0.4, -0.2) is 28.0 Å². The average Bonchev–Trinajstić information content (AvgIpc) is 2.70. The maximum atomic E-state index is 14.6. The van der Waals surface area contributed by atoms with Gasteiger partial charge in [0.1, 0.15) is 17.5 Å². The number of nitrogens with two attached hydrogens (primary N) is 1. The summed E-state index contributed by atoms with van der Waals surface area (Å²) in [6, 6.07) is 10.6. The molecule has 29 heavy (non-hydrogen) atoms. The normalized spacial score (nSPS) is 10.7. The van der Waals surface area contributed by atoms with Crippen LogP contribution in [-0.2, 0) is 0 Å². The molecule has 0 amide bonds. The van der Waals surface area contributed by atoms with Crippen molar-refractivity contribution in [1.82, 2.24) is 15.0 Å². The molecule has 0 unspecified atom stereocenters. The SMILES string of the molecule is CCCN(CCC)c1cc(Nc2ccc(Sc3ccncc3)c(F)c2)nc(N)n1. The first-order chi connectivity index (χ1) is 14.1. The third-order valence-electron chi connectivity index (χ3n) is 4.12. The van der Waals surface area contributed by atoms with Crippen molar-refractivity contribution in [3.63, 3.8) is 0 Å². The molecule has 0 atom stereocenters. The number of rotatable bonds is 9. The van der Waals surface area contributed by atoms with Crippen molar-refractivity contribution >= 4 is 35.0 Å². The molecule has 0 radical (unpaired) electrons. The predicted molar refractivity (Wildman–Crippen MR) is 117 cm³/mol. The molecule has 0 bridgehead atoms. The number of pyridine rings is 1. The van der Waals surface area contributed by atoms with Crippen LogP contribution in [0.15, 0.2) is 58.6 Å². The Morgan fingerprint density at radius 1 is 1.03 bits per heavy atom. The first kappa shape index (κ1) is 20.9. The summed E-state index contributed by atoms with van der Waals surface area (Å²) in [6.45, 7) is 6.03. The minimum absolute atomic E-state index is 0.188. The second kappa shape index (κ2) is 10.1. The van der Waals surface area contributed by atoms with E-state index in [1.165, 1.54) is 17.8 Å². The maximum Gasteiger partial charge on any atom is 0.223 e. The molecule has 0 aliphatic heterocycles. The summed E-state index contributed by atoms with van der Waals surface area (Å²) in [5.74, 6) is 1.19. The van der Waals surface area contributed by atoms with Crippen LogP contribution in [0.3, 0.4) is 0 Å². The summed E-state index contributed by atoms with van der Waals surface area (Å²) in [6.07, 6.45) is 5.39. The highest BCUT2D eigenvalue weighted by molar-refractivity contribution is 7.99. The Balaban J connectivity index is 1.78. The van der Waals surface area contributed by atoms with Gasteiger partial charge in [-0.25, -0.2) is 4.39 Å². The van der Waals surface area contributed by atoms with E-state index >= 15 is 0 Å². The average molecular weight is 413 g/mol. The van der Waals surface area contributed by atoms with Crippen molar-refractivity contribution in [2.75, 3.05) is 29.0 Å². The van der Waals surface area contributed by atoms with Gasteiger partial charge in [-0.15, -0.1) is 0 Å². The van der Waals surface area contributed by atoms with Crippen LogP contribution >= 0.6 is 11.8 Å². The molecule has 3 N–H and O–H groups in total. The number of hydrogen-bond donors (Lipinski definition) is 2. The highest BCUT2D eigenvalue weighted by Crippen LogP contribution is 2.31. The van der Waals surface area contributed by atoms with Crippen molar-refractivity contribution in [3.05, 3.63) is 54.6 Å². The molecule has 2 aromatic heterocycles. The summed E-state index contributed by atoms with van der Waals surface area (Å²) in [5, 5.41) is 3.14. The molecule has 0 aliphatic carbocycles. The molecule has 0 saturated heterocycles. The molecule has 0 fully saturated rings.